The van der Waals surface area contributed by atoms with E-state index < -0.39 is 0 Å². The number of para-hydroxylation sites is 2. The summed E-state index contributed by atoms with van der Waals surface area (Å²) in [7, 11) is 1.73. The lowest BCUT2D eigenvalue weighted by atomic mass is 9.84. The van der Waals surface area contributed by atoms with Gasteiger partial charge in [0.15, 0.2) is 0 Å². The Balaban J connectivity index is 1.53. The molecule has 0 unspecified atom stereocenters. The third-order valence-corrected chi connectivity index (χ3v) is 6.13. The number of hydrogen-bond donors (Lipinski definition) is 0. The van der Waals surface area contributed by atoms with E-state index in [0.29, 0.717) is 11.8 Å². The number of rotatable bonds is 3. The Morgan fingerprint density at radius 1 is 0.929 bits per heavy atom. The van der Waals surface area contributed by atoms with Crippen LogP contribution in [0.25, 0.3) is 0 Å². The molecule has 0 amide bonds. The number of nitrogens with zero attached hydrogens (tertiary/aromatic N) is 1. The van der Waals surface area contributed by atoms with Crippen molar-refractivity contribution in [2.24, 2.45) is 0 Å². The van der Waals surface area contributed by atoms with Crippen molar-refractivity contribution in [1.29, 1.82) is 0 Å². The fourth-order valence-corrected chi connectivity index (χ4v) is 4.80. The first-order chi connectivity index (χ1) is 13.7. The Bertz CT molecular complexity index is 1020. The molecule has 0 spiro atoms. The normalized spacial score (nSPS) is 20.5. The highest BCUT2D eigenvalue weighted by Gasteiger charge is 2.39. The first kappa shape index (κ1) is 17.6. The average Bonchev–Trinajstić information content (AvgIpc) is 3.08. The lowest BCUT2D eigenvalue weighted by molar-refractivity contribution is 0.312. The summed E-state index contributed by atoms with van der Waals surface area (Å²) in [5.41, 5.74) is 3.70. The zero-order valence-electron chi connectivity index (χ0n) is 15.8. The fourth-order valence-electron chi connectivity index (χ4n) is 4.62. The van der Waals surface area contributed by atoms with Crippen LogP contribution in [0.2, 0.25) is 5.02 Å². The monoisotopic (exact) mass is 391 g/mol. The van der Waals surface area contributed by atoms with Gasteiger partial charge in [-0.05, 0) is 35.9 Å². The van der Waals surface area contributed by atoms with Crippen molar-refractivity contribution in [3.8, 4) is 17.2 Å². The third kappa shape index (κ3) is 3.05. The number of likely N-dealkylation sites (tertiary alicyclic amines) is 1. The molecule has 142 valence electrons. The summed E-state index contributed by atoms with van der Waals surface area (Å²) in [6.07, 6.45) is 0. The minimum Gasteiger partial charge on any atom is -0.496 e. The average molecular weight is 392 g/mol. The van der Waals surface area contributed by atoms with Gasteiger partial charge in [-0.2, -0.15) is 0 Å². The molecule has 1 fully saturated rings. The Morgan fingerprint density at radius 2 is 1.64 bits per heavy atom. The van der Waals surface area contributed by atoms with Crippen molar-refractivity contribution >= 4 is 11.6 Å². The van der Waals surface area contributed by atoms with Crippen LogP contribution < -0.4 is 9.47 Å². The predicted octanol–water partition coefficient (Wildman–Crippen LogP) is 5.84. The van der Waals surface area contributed by atoms with Crippen molar-refractivity contribution in [3.63, 3.8) is 0 Å². The molecule has 0 saturated carbocycles. The number of methoxy groups -OCH3 is 1. The lowest BCUT2D eigenvalue weighted by Crippen LogP contribution is -2.20. The quantitative estimate of drug-likeness (QED) is 0.560. The number of fused-ring (bicyclic) bond motifs is 5. The highest BCUT2D eigenvalue weighted by molar-refractivity contribution is 6.30. The van der Waals surface area contributed by atoms with Gasteiger partial charge in [0, 0.05) is 47.6 Å². The van der Waals surface area contributed by atoms with Crippen LogP contribution in [-0.4, -0.2) is 25.1 Å². The van der Waals surface area contributed by atoms with Crippen LogP contribution in [-0.2, 0) is 6.54 Å². The van der Waals surface area contributed by atoms with E-state index in [0.717, 1.165) is 41.9 Å². The molecule has 5 rings (SSSR count). The van der Waals surface area contributed by atoms with Gasteiger partial charge in [0.2, 0.25) is 0 Å². The minimum atomic E-state index is 0.354. The second-order valence-corrected chi connectivity index (χ2v) is 7.98. The van der Waals surface area contributed by atoms with Gasteiger partial charge < -0.3 is 9.47 Å². The lowest BCUT2D eigenvalue weighted by Gasteiger charge is -2.19. The standard InChI is InChI=1S/C24H22ClNO2/c1-27-22-8-4-2-6-16(22)13-26-14-20-18-7-3-5-9-23(18)28-24-11-10-17(25)12-19(24)21(20)15-26/h2-12,20-21H,13-15H2,1H3/t20-,21-/m1/s1. The molecule has 3 aromatic carbocycles. The zero-order valence-corrected chi connectivity index (χ0v) is 16.5. The second kappa shape index (κ2) is 7.16. The van der Waals surface area contributed by atoms with Crippen LogP contribution in [0.5, 0.6) is 17.2 Å². The van der Waals surface area contributed by atoms with Crippen LogP contribution in [0.3, 0.4) is 0 Å². The van der Waals surface area contributed by atoms with Gasteiger partial charge in [0.1, 0.15) is 17.2 Å². The maximum absolute atomic E-state index is 6.35. The molecule has 2 heterocycles. The van der Waals surface area contributed by atoms with Gasteiger partial charge in [-0.3, -0.25) is 4.90 Å². The number of ether oxygens (including phenoxy) is 2. The molecule has 0 aliphatic carbocycles. The summed E-state index contributed by atoms with van der Waals surface area (Å²) in [5.74, 6) is 3.56. The van der Waals surface area contributed by atoms with Crippen molar-refractivity contribution in [1.82, 2.24) is 4.90 Å². The zero-order chi connectivity index (χ0) is 19.1. The van der Waals surface area contributed by atoms with E-state index in [1.807, 2.05) is 30.3 Å². The summed E-state index contributed by atoms with van der Waals surface area (Å²) in [5, 5.41) is 0.759. The summed E-state index contributed by atoms with van der Waals surface area (Å²) < 4.78 is 11.8. The summed E-state index contributed by atoms with van der Waals surface area (Å²) in [6.45, 7) is 2.82. The van der Waals surface area contributed by atoms with E-state index in [9.17, 15) is 0 Å². The molecular formula is C24H22ClNO2. The number of hydrogen-bond acceptors (Lipinski definition) is 3. The topological polar surface area (TPSA) is 21.7 Å². The Morgan fingerprint density at radius 3 is 2.50 bits per heavy atom. The van der Waals surface area contributed by atoms with Crippen molar-refractivity contribution in [2.45, 2.75) is 18.4 Å². The molecule has 3 nitrogen and oxygen atoms in total. The maximum Gasteiger partial charge on any atom is 0.131 e. The summed E-state index contributed by atoms with van der Waals surface area (Å²) >= 11 is 6.35. The molecule has 1 saturated heterocycles. The molecular weight excluding hydrogens is 370 g/mol. The van der Waals surface area contributed by atoms with Gasteiger partial charge in [-0.1, -0.05) is 48.0 Å². The Hall–Kier alpha value is -2.49. The van der Waals surface area contributed by atoms with Crippen LogP contribution in [0.1, 0.15) is 28.5 Å². The molecule has 2 aliphatic rings. The molecule has 28 heavy (non-hydrogen) atoms. The van der Waals surface area contributed by atoms with E-state index in [1.54, 1.807) is 7.11 Å². The van der Waals surface area contributed by atoms with Crippen LogP contribution >= 0.6 is 11.6 Å². The highest BCUT2D eigenvalue weighted by atomic mass is 35.5. The number of halogens is 1. The molecule has 2 atom stereocenters. The molecule has 2 aliphatic heterocycles. The van der Waals surface area contributed by atoms with Crippen LogP contribution in [0.4, 0.5) is 0 Å². The third-order valence-electron chi connectivity index (χ3n) is 5.89. The van der Waals surface area contributed by atoms with Gasteiger partial charge in [0.25, 0.3) is 0 Å². The van der Waals surface area contributed by atoms with Crippen molar-refractivity contribution in [3.05, 3.63) is 88.4 Å². The van der Waals surface area contributed by atoms with E-state index >= 15 is 0 Å². The smallest absolute Gasteiger partial charge is 0.131 e. The molecule has 4 heteroatoms. The van der Waals surface area contributed by atoms with E-state index in [4.69, 9.17) is 21.1 Å². The van der Waals surface area contributed by atoms with Gasteiger partial charge in [-0.25, -0.2) is 0 Å². The maximum atomic E-state index is 6.35. The SMILES string of the molecule is COc1ccccc1CN1C[C@@H]2c3ccccc3Oc3ccc(Cl)cc3[C@H]2C1. The van der Waals surface area contributed by atoms with Crippen LogP contribution in [0, 0.1) is 0 Å². The van der Waals surface area contributed by atoms with E-state index in [1.165, 1.54) is 16.7 Å². The molecule has 0 bridgehead atoms. The van der Waals surface area contributed by atoms with Gasteiger partial charge >= 0.3 is 0 Å². The second-order valence-electron chi connectivity index (χ2n) is 7.54. The summed E-state index contributed by atoms with van der Waals surface area (Å²) in [6, 6.07) is 22.7. The minimum absolute atomic E-state index is 0.354. The summed E-state index contributed by atoms with van der Waals surface area (Å²) in [4.78, 5) is 2.51. The fraction of sp³-hybridized carbons (Fsp3) is 0.250. The largest absolute Gasteiger partial charge is 0.496 e. The molecule has 0 radical (unpaired) electrons. The Labute approximate surface area is 170 Å². The first-order valence-corrected chi connectivity index (χ1v) is 10.0. The molecule has 0 N–H and O–H groups in total. The first-order valence-electron chi connectivity index (χ1n) is 9.63. The van der Waals surface area contributed by atoms with Gasteiger partial charge in [-0.15, -0.1) is 0 Å². The Kier molecular flexibility index (Phi) is 4.50. The van der Waals surface area contributed by atoms with Gasteiger partial charge in [0.05, 0.1) is 7.11 Å². The highest BCUT2D eigenvalue weighted by Crippen LogP contribution is 2.50. The van der Waals surface area contributed by atoms with E-state index in [-0.39, 0.29) is 0 Å². The van der Waals surface area contributed by atoms with Crippen molar-refractivity contribution < 1.29 is 9.47 Å². The van der Waals surface area contributed by atoms with Crippen molar-refractivity contribution in [2.75, 3.05) is 20.2 Å². The molecule has 3 aromatic rings. The van der Waals surface area contributed by atoms with E-state index in [2.05, 4.69) is 41.3 Å². The molecule has 0 aromatic heterocycles. The number of benzene rings is 3. The van der Waals surface area contributed by atoms with Crippen LogP contribution in [0.15, 0.2) is 66.7 Å². The predicted molar refractivity (Wildman–Crippen MR) is 112 cm³/mol.